The highest BCUT2D eigenvalue weighted by Gasteiger charge is 2.42. The summed E-state index contributed by atoms with van der Waals surface area (Å²) in [6.07, 6.45) is 2.15. The number of piperidine rings is 2. The number of nitrogens with zero attached hydrogens (tertiary/aromatic N) is 2. The zero-order chi connectivity index (χ0) is 23.4. The molecule has 1 spiro atoms. The van der Waals surface area contributed by atoms with Gasteiger partial charge in [0.15, 0.2) is 11.5 Å². The molecule has 0 N–H and O–H groups in total. The van der Waals surface area contributed by atoms with Gasteiger partial charge in [-0.05, 0) is 43.4 Å². The molecule has 0 unspecified atom stereocenters. The minimum Gasteiger partial charge on any atom is -0.451 e. The van der Waals surface area contributed by atoms with Gasteiger partial charge in [0.05, 0.1) is 18.1 Å². The van der Waals surface area contributed by atoms with Gasteiger partial charge in [-0.25, -0.2) is 8.42 Å². The highest BCUT2D eigenvalue weighted by atomic mass is 32.2. The number of hydrogen-bond acceptors (Lipinski definition) is 6. The first-order valence-electron chi connectivity index (χ1n) is 11.8. The first-order chi connectivity index (χ1) is 15.7. The normalized spacial score (nSPS) is 26.3. The van der Waals surface area contributed by atoms with Gasteiger partial charge in [-0.2, -0.15) is 4.31 Å². The molecule has 1 aromatic carbocycles. The summed E-state index contributed by atoms with van der Waals surface area (Å²) in [6, 6.07) is 4.85. The Hall–Kier alpha value is -1.94. The number of carbonyl (C=O) groups excluding carboxylic acids is 1. The molecule has 0 bridgehead atoms. The number of ether oxygens (including phenoxy) is 2. The zero-order valence-corrected chi connectivity index (χ0v) is 20.3. The van der Waals surface area contributed by atoms with Crippen molar-refractivity contribution in [3.63, 3.8) is 0 Å². The highest BCUT2D eigenvalue weighted by molar-refractivity contribution is 7.89. The number of benzene rings is 1. The summed E-state index contributed by atoms with van der Waals surface area (Å²) in [7, 11) is -3.68. The van der Waals surface area contributed by atoms with Gasteiger partial charge in [-0.3, -0.25) is 4.79 Å². The van der Waals surface area contributed by atoms with E-state index in [-0.39, 0.29) is 10.8 Å². The van der Waals surface area contributed by atoms with Crippen molar-refractivity contribution in [1.82, 2.24) is 9.21 Å². The van der Waals surface area contributed by atoms with Crippen LogP contribution in [0.15, 0.2) is 27.5 Å². The third kappa shape index (κ3) is 4.09. The molecule has 0 radical (unpaired) electrons. The third-order valence-electron chi connectivity index (χ3n) is 7.19. The molecule has 2 atom stereocenters. The van der Waals surface area contributed by atoms with Crippen molar-refractivity contribution in [2.45, 2.75) is 50.7 Å². The number of sulfonamides is 1. The van der Waals surface area contributed by atoms with Crippen molar-refractivity contribution in [1.29, 1.82) is 0 Å². The maximum Gasteiger partial charge on any atom is 0.289 e. The molecule has 8 nitrogen and oxygen atoms in total. The fourth-order valence-electron chi connectivity index (χ4n) is 5.54. The van der Waals surface area contributed by atoms with Crippen LogP contribution in [0, 0.1) is 18.8 Å². The number of likely N-dealkylation sites (tertiary alicyclic amines) is 1. The topological polar surface area (TPSA) is 89.3 Å². The van der Waals surface area contributed by atoms with Gasteiger partial charge in [0, 0.05) is 50.0 Å². The molecule has 4 heterocycles. The molecule has 9 heteroatoms. The van der Waals surface area contributed by atoms with E-state index in [2.05, 4.69) is 13.8 Å². The molecule has 0 saturated carbocycles. The maximum atomic E-state index is 13.3. The van der Waals surface area contributed by atoms with Gasteiger partial charge in [-0.1, -0.05) is 13.8 Å². The molecule has 3 fully saturated rings. The Labute approximate surface area is 194 Å². The molecule has 0 aliphatic carbocycles. The largest absolute Gasteiger partial charge is 0.451 e. The van der Waals surface area contributed by atoms with E-state index in [1.165, 1.54) is 4.31 Å². The second kappa shape index (κ2) is 8.37. The number of aryl methyl sites for hydroxylation is 1. The van der Waals surface area contributed by atoms with Crippen LogP contribution in [0.2, 0.25) is 0 Å². The number of carbonyl (C=O) groups is 1. The van der Waals surface area contributed by atoms with E-state index >= 15 is 0 Å². The first-order valence-corrected chi connectivity index (χ1v) is 13.2. The van der Waals surface area contributed by atoms with Crippen LogP contribution in [-0.4, -0.2) is 68.7 Å². The van der Waals surface area contributed by atoms with E-state index < -0.39 is 15.8 Å². The van der Waals surface area contributed by atoms with Gasteiger partial charge in [0.2, 0.25) is 10.0 Å². The SMILES string of the molecule is Cc1c(C(=O)N2C[C@@H](C)C[C@H](C)C2)oc2ccc(S(=O)(=O)N3CCC4(CC3)OCCO4)cc12. The predicted octanol–water partition coefficient (Wildman–Crippen LogP) is 3.39. The number of fused-ring (bicyclic) bond motifs is 1. The average Bonchev–Trinajstić information content (AvgIpc) is 3.37. The second-order valence-electron chi connectivity index (χ2n) is 9.88. The molecule has 5 rings (SSSR count). The summed E-state index contributed by atoms with van der Waals surface area (Å²) < 4.78 is 45.5. The summed E-state index contributed by atoms with van der Waals surface area (Å²) in [5.74, 6) is 0.446. The van der Waals surface area contributed by atoms with Gasteiger partial charge in [0.1, 0.15) is 5.58 Å². The van der Waals surface area contributed by atoms with Crippen LogP contribution in [0.5, 0.6) is 0 Å². The highest BCUT2D eigenvalue weighted by Crippen LogP contribution is 2.35. The Morgan fingerprint density at radius 3 is 2.33 bits per heavy atom. The van der Waals surface area contributed by atoms with E-state index in [1.807, 2.05) is 11.8 Å². The van der Waals surface area contributed by atoms with Gasteiger partial charge < -0.3 is 18.8 Å². The summed E-state index contributed by atoms with van der Waals surface area (Å²) >= 11 is 0. The molecule has 2 aromatic rings. The lowest BCUT2D eigenvalue weighted by molar-refractivity contribution is -0.179. The van der Waals surface area contributed by atoms with Crippen molar-refractivity contribution < 1.29 is 27.1 Å². The smallest absolute Gasteiger partial charge is 0.289 e. The molecular formula is C24H32N2O6S. The first kappa shape index (κ1) is 22.8. The average molecular weight is 477 g/mol. The van der Waals surface area contributed by atoms with Gasteiger partial charge >= 0.3 is 0 Å². The lowest BCUT2D eigenvalue weighted by Gasteiger charge is -2.36. The van der Waals surface area contributed by atoms with Crippen LogP contribution in [-0.2, 0) is 19.5 Å². The lowest BCUT2D eigenvalue weighted by Crippen LogP contribution is -2.47. The van der Waals surface area contributed by atoms with Crippen molar-refractivity contribution in [2.24, 2.45) is 11.8 Å². The van der Waals surface area contributed by atoms with E-state index in [4.69, 9.17) is 13.9 Å². The molecule has 1 aromatic heterocycles. The van der Waals surface area contributed by atoms with Crippen LogP contribution >= 0.6 is 0 Å². The van der Waals surface area contributed by atoms with Crippen molar-refractivity contribution in [2.75, 3.05) is 39.4 Å². The standard InChI is InChI=1S/C24H32N2O6S/c1-16-12-17(2)15-25(14-16)23(27)22-18(3)20-13-19(4-5-21(20)32-22)33(28,29)26-8-6-24(7-9-26)30-10-11-31-24/h4-5,13,16-17H,6-12,14-15H2,1-3H3/t16-,17-/m0/s1. The van der Waals surface area contributed by atoms with E-state index in [0.29, 0.717) is 86.4 Å². The molecule has 1 amide bonds. The minimum absolute atomic E-state index is 0.121. The number of furan rings is 1. The summed E-state index contributed by atoms with van der Waals surface area (Å²) in [5.41, 5.74) is 1.21. The molecular weight excluding hydrogens is 444 g/mol. The number of hydrogen-bond donors (Lipinski definition) is 0. The Balaban J connectivity index is 1.39. The fraction of sp³-hybridized carbons (Fsp3) is 0.625. The summed E-state index contributed by atoms with van der Waals surface area (Å²) in [4.78, 5) is 15.3. The van der Waals surface area contributed by atoms with Gasteiger partial charge in [-0.15, -0.1) is 0 Å². The molecule has 33 heavy (non-hydrogen) atoms. The van der Waals surface area contributed by atoms with Crippen molar-refractivity contribution >= 4 is 26.9 Å². The molecule has 3 aliphatic heterocycles. The summed E-state index contributed by atoms with van der Waals surface area (Å²) in [5, 5.41) is 0.661. The molecule has 3 saturated heterocycles. The zero-order valence-electron chi connectivity index (χ0n) is 19.5. The number of amides is 1. The molecule has 180 valence electrons. The lowest BCUT2D eigenvalue weighted by atomic mass is 9.91. The van der Waals surface area contributed by atoms with Crippen molar-refractivity contribution in [3.8, 4) is 0 Å². The van der Waals surface area contributed by atoms with E-state index in [9.17, 15) is 13.2 Å². The van der Waals surface area contributed by atoms with Crippen molar-refractivity contribution in [3.05, 3.63) is 29.5 Å². The summed E-state index contributed by atoms with van der Waals surface area (Å²) in [6.45, 7) is 9.37. The van der Waals surface area contributed by atoms with Gasteiger partial charge in [0.25, 0.3) is 5.91 Å². The van der Waals surface area contributed by atoms with E-state index in [1.54, 1.807) is 18.2 Å². The van der Waals surface area contributed by atoms with Crippen LogP contribution < -0.4 is 0 Å². The predicted molar refractivity (Wildman–Crippen MR) is 122 cm³/mol. The quantitative estimate of drug-likeness (QED) is 0.675. The monoisotopic (exact) mass is 476 g/mol. The Morgan fingerprint density at radius 1 is 1.06 bits per heavy atom. The van der Waals surface area contributed by atoms with Crippen LogP contribution in [0.3, 0.4) is 0 Å². The molecule has 3 aliphatic rings. The second-order valence-corrected chi connectivity index (χ2v) is 11.8. The van der Waals surface area contributed by atoms with E-state index in [0.717, 1.165) is 6.42 Å². The minimum atomic E-state index is -3.68. The maximum absolute atomic E-state index is 13.3. The van der Waals surface area contributed by atoms with Crippen LogP contribution in [0.25, 0.3) is 11.0 Å². The Morgan fingerprint density at radius 2 is 1.70 bits per heavy atom. The fourth-order valence-corrected chi connectivity index (χ4v) is 7.01. The Bertz CT molecular complexity index is 1150. The Kier molecular flexibility index (Phi) is 5.79. The van der Waals surface area contributed by atoms with Crippen LogP contribution in [0.1, 0.15) is 49.2 Å². The number of rotatable bonds is 3. The van der Waals surface area contributed by atoms with Crippen LogP contribution in [0.4, 0.5) is 0 Å². The third-order valence-corrected chi connectivity index (χ3v) is 9.09.